The number of methoxy groups -OCH3 is 3. The normalized spacial score (nSPS) is 13.2. The van der Waals surface area contributed by atoms with Gasteiger partial charge in [0, 0.05) is 37.8 Å². The second-order valence-corrected chi connectivity index (χ2v) is 20.0. The van der Waals surface area contributed by atoms with Crippen LogP contribution in [0.25, 0.3) is 0 Å². The highest BCUT2D eigenvalue weighted by Crippen LogP contribution is 2.26. The number of phosphoric acid groups is 1. The molecule has 0 spiro atoms. The van der Waals surface area contributed by atoms with Crippen LogP contribution in [0.15, 0.2) is 146 Å². The first-order chi connectivity index (χ1) is 38.0. The topological polar surface area (TPSA) is 314 Å². The number of aromatic hydroxyl groups is 3. The number of hydrogen-bond acceptors (Lipinski definition) is 16. The molecule has 0 aliphatic rings. The van der Waals surface area contributed by atoms with E-state index in [9.17, 15) is 45.0 Å². The number of esters is 3. The third kappa shape index (κ3) is 27.2. The minimum atomic E-state index is -4.64. The Kier molecular flexibility index (Phi) is 29.9. The number of hydrogen-bond donors (Lipinski definition) is 12. The van der Waals surface area contributed by atoms with Gasteiger partial charge in [0.1, 0.15) is 17.2 Å². The smallest absolute Gasteiger partial charge is 0.466 e. The molecule has 6 aromatic carbocycles. The summed E-state index contributed by atoms with van der Waals surface area (Å²) in [6.45, 7) is 7.47. The molecular weight excluding hydrogens is 1050 g/mol. The molecule has 0 aromatic heterocycles. The summed E-state index contributed by atoms with van der Waals surface area (Å²) in [5.41, 5.74) is 7.17. The average molecular weight is 1130 g/mol. The Hall–Kier alpha value is -7.00. The molecule has 0 saturated carbocycles. The van der Waals surface area contributed by atoms with E-state index in [1.165, 1.54) is 21.3 Å². The van der Waals surface area contributed by atoms with Gasteiger partial charge in [-0.3, -0.25) is 0 Å². The van der Waals surface area contributed by atoms with Crippen molar-refractivity contribution >= 4 is 25.7 Å². The number of phenolic OH excluding ortho intramolecular Hbond substituents is 3. The van der Waals surface area contributed by atoms with Crippen LogP contribution in [0.2, 0.25) is 0 Å². The van der Waals surface area contributed by atoms with Crippen molar-refractivity contribution in [2.45, 2.75) is 95.7 Å². The molecule has 0 amide bonds. The summed E-state index contributed by atoms with van der Waals surface area (Å²) in [7, 11) is -0.529. The number of nitrogens with one attached hydrogen (secondary N) is 3. The van der Waals surface area contributed by atoms with E-state index in [1.54, 1.807) is 109 Å². The number of carbonyl (C=O) groups is 3. The fraction of sp³-hybridized carbons (Fsp3) is 0.350. The van der Waals surface area contributed by atoms with Gasteiger partial charge in [-0.1, -0.05) is 72.8 Å². The molecule has 6 aromatic rings. The van der Waals surface area contributed by atoms with Crippen LogP contribution in [0.4, 0.5) is 0 Å². The van der Waals surface area contributed by atoms with Crippen LogP contribution < -0.4 is 16.0 Å². The summed E-state index contributed by atoms with van der Waals surface area (Å²) in [5, 5.41) is 68.8. The van der Waals surface area contributed by atoms with Gasteiger partial charge in [0.15, 0.2) is 0 Å². The maximum atomic E-state index is 11.4. The maximum absolute atomic E-state index is 11.4. The third-order valence-electron chi connectivity index (χ3n) is 12.5. The number of ether oxygens (including phenoxy) is 3. The predicted octanol–water partition coefficient (Wildman–Crippen LogP) is 7.54. The van der Waals surface area contributed by atoms with Gasteiger partial charge in [0.2, 0.25) is 0 Å². The number of benzene rings is 6. The summed E-state index contributed by atoms with van der Waals surface area (Å²) in [5.74, 6) is -0.535. The van der Waals surface area contributed by atoms with E-state index in [0.29, 0.717) is 53.0 Å². The summed E-state index contributed by atoms with van der Waals surface area (Å²) in [4.78, 5) is 55.8. The number of rotatable bonds is 24. The molecule has 19 nitrogen and oxygen atoms in total. The first-order valence-electron chi connectivity index (χ1n) is 25.9. The standard InChI is InChI=1S/3C20H25NO4.H3O4P/c3*1-14(21-13-19(23)17-4-3-5-18(22)12-17)6-7-15-8-10-16(11-9-15)20(24)25-2;1-5(2,3)4/h3*3-5,8-12,14,19,21-23H,6-7,13H2,1-2H3;(H3,1,2,3,4)/t3*14-,19+;/m111./s1. The summed E-state index contributed by atoms with van der Waals surface area (Å²) >= 11 is 0. The molecule has 20 heteroatoms. The molecule has 0 radical (unpaired) electrons. The van der Waals surface area contributed by atoms with Crippen LogP contribution in [0.5, 0.6) is 17.2 Å². The van der Waals surface area contributed by atoms with Crippen molar-refractivity contribution in [1.82, 2.24) is 16.0 Å². The molecule has 0 fully saturated rings. The highest BCUT2D eigenvalue weighted by Gasteiger charge is 2.15. The van der Waals surface area contributed by atoms with Crippen molar-refractivity contribution in [3.63, 3.8) is 0 Å². The fourth-order valence-corrected chi connectivity index (χ4v) is 7.72. The molecule has 6 atom stereocenters. The third-order valence-corrected chi connectivity index (χ3v) is 12.5. The van der Waals surface area contributed by atoms with Gasteiger partial charge in [-0.25, -0.2) is 18.9 Å². The number of carbonyl (C=O) groups excluding carboxylic acids is 3. The quantitative estimate of drug-likeness (QED) is 0.0158. The molecule has 12 N–H and O–H groups in total. The summed E-state index contributed by atoms with van der Waals surface area (Å²) < 4.78 is 22.9. The highest BCUT2D eigenvalue weighted by molar-refractivity contribution is 7.45. The zero-order valence-corrected chi connectivity index (χ0v) is 46.9. The van der Waals surface area contributed by atoms with Crippen molar-refractivity contribution in [2.24, 2.45) is 0 Å². The largest absolute Gasteiger partial charge is 0.508 e. The molecule has 6 rings (SSSR count). The van der Waals surface area contributed by atoms with Crippen molar-refractivity contribution in [1.29, 1.82) is 0 Å². The molecule has 0 aliphatic carbocycles. The van der Waals surface area contributed by atoms with Gasteiger partial charge >= 0.3 is 25.7 Å². The molecule has 80 heavy (non-hydrogen) atoms. The van der Waals surface area contributed by atoms with Crippen LogP contribution in [-0.2, 0) is 38.0 Å². The predicted molar refractivity (Wildman–Crippen MR) is 304 cm³/mol. The second kappa shape index (κ2) is 35.6. The van der Waals surface area contributed by atoms with Crippen molar-refractivity contribution in [3.05, 3.63) is 196 Å². The SMILES string of the molecule is COC(=O)c1ccc(CC[C@@H](C)NC[C@H](O)c2cccc(O)c2)cc1.COC(=O)c1ccc(CC[C@@H](C)NC[C@H](O)c2cccc(O)c2)cc1.COC(=O)c1ccc(CC[C@@H](C)NC[C@H](O)c2cccc(O)c2)cc1.O=P(O)(O)O. The minimum Gasteiger partial charge on any atom is -0.508 e. The minimum absolute atomic E-state index is 0.153. The molecule has 0 saturated heterocycles. The van der Waals surface area contributed by atoms with Gasteiger partial charge in [-0.2, -0.15) is 0 Å². The lowest BCUT2D eigenvalue weighted by atomic mass is 10.0. The van der Waals surface area contributed by atoms with E-state index in [0.717, 1.165) is 55.2 Å². The molecular formula is C60H78N3O16P. The number of phenols is 3. The Balaban J connectivity index is 0.000000302. The van der Waals surface area contributed by atoms with E-state index >= 15 is 0 Å². The van der Waals surface area contributed by atoms with Crippen molar-refractivity contribution in [3.8, 4) is 17.2 Å². The van der Waals surface area contributed by atoms with E-state index in [1.807, 2.05) is 36.4 Å². The molecule has 434 valence electrons. The van der Waals surface area contributed by atoms with Gasteiger partial charge in [0.05, 0.1) is 56.3 Å². The number of aryl methyl sites for hydroxylation is 3. The highest BCUT2D eigenvalue weighted by atomic mass is 31.2. The Morgan fingerprint density at radius 2 is 0.650 bits per heavy atom. The van der Waals surface area contributed by atoms with Crippen molar-refractivity contribution < 1.29 is 78.5 Å². The van der Waals surface area contributed by atoms with E-state index in [-0.39, 0.29) is 53.3 Å². The lowest BCUT2D eigenvalue weighted by Crippen LogP contribution is -2.30. The van der Waals surface area contributed by atoms with Crippen LogP contribution in [-0.4, -0.2) is 122 Å². The van der Waals surface area contributed by atoms with Gasteiger partial charge in [-0.05, 0) is 165 Å². The fourth-order valence-electron chi connectivity index (χ4n) is 7.72. The Morgan fingerprint density at radius 1 is 0.425 bits per heavy atom. The average Bonchev–Trinajstić information content (AvgIpc) is 3.45. The first kappa shape index (κ1) is 67.3. The number of aliphatic hydroxyl groups excluding tert-OH is 3. The number of aliphatic hydroxyl groups is 3. The van der Waals surface area contributed by atoms with Gasteiger partial charge < -0.3 is 75.5 Å². The van der Waals surface area contributed by atoms with E-state index < -0.39 is 26.1 Å². The maximum Gasteiger partial charge on any atom is 0.466 e. The van der Waals surface area contributed by atoms with Crippen LogP contribution >= 0.6 is 7.82 Å². The van der Waals surface area contributed by atoms with Gasteiger partial charge in [-0.15, -0.1) is 0 Å². The molecule has 0 heterocycles. The summed E-state index contributed by atoms with van der Waals surface area (Å²) in [6.07, 6.45) is 3.36. The van der Waals surface area contributed by atoms with E-state index in [2.05, 4.69) is 50.9 Å². The van der Waals surface area contributed by atoms with Gasteiger partial charge in [0.25, 0.3) is 0 Å². The van der Waals surface area contributed by atoms with Crippen molar-refractivity contribution in [2.75, 3.05) is 41.0 Å². The Bertz CT molecular complexity index is 2520. The molecule has 0 aliphatic heterocycles. The Labute approximate surface area is 468 Å². The van der Waals surface area contributed by atoms with Crippen LogP contribution in [0.1, 0.15) is 123 Å². The lowest BCUT2D eigenvalue weighted by molar-refractivity contribution is 0.0592. The zero-order chi connectivity index (χ0) is 59.2. The Morgan fingerprint density at radius 3 is 0.850 bits per heavy atom. The van der Waals surface area contributed by atoms with Crippen LogP contribution in [0.3, 0.4) is 0 Å². The molecule has 0 unspecified atom stereocenters. The van der Waals surface area contributed by atoms with Crippen LogP contribution in [0, 0.1) is 0 Å². The first-order valence-corrected chi connectivity index (χ1v) is 27.5. The summed E-state index contributed by atoms with van der Waals surface area (Å²) in [6, 6.07) is 42.9. The zero-order valence-electron chi connectivity index (χ0n) is 46.0. The van der Waals surface area contributed by atoms with E-state index in [4.69, 9.17) is 19.2 Å². The monoisotopic (exact) mass is 1130 g/mol. The second-order valence-electron chi connectivity index (χ2n) is 19.0. The lowest BCUT2D eigenvalue weighted by Gasteiger charge is -2.17. The molecule has 0 bridgehead atoms.